The first-order chi connectivity index (χ1) is 10.6. The zero-order valence-electron chi connectivity index (χ0n) is 13.0. The Labute approximate surface area is 129 Å². The van der Waals surface area contributed by atoms with Gasteiger partial charge < -0.3 is 14.8 Å². The van der Waals surface area contributed by atoms with Gasteiger partial charge in [0, 0.05) is 38.8 Å². The fourth-order valence-corrected chi connectivity index (χ4v) is 2.29. The number of methoxy groups -OCH3 is 2. The van der Waals surface area contributed by atoms with E-state index in [1.54, 1.807) is 38.6 Å². The Kier molecular flexibility index (Phi) is 5.16. The zero-order chi connectivity index (χ0) is 16.1. The largest absolute Gasteiger partial charge is 0.497 e. The first kappa shape index (κ1) is 16.0. The van der Waals surface area contributed by atoms with E-state index < -0.39 is 0 Å². The van der Waals surface area contributed by atoms with Crippen LogP contribution in [0, 0.1) is 0 Å². The molecule has 0 unspecified atom stereocenters. The smallest absolute Gasteiger partial charge is 0.253 e. The number of ether oxygens (including phenoxy) is 2. The van der Waals surface area contributed by atoms with Crippen LogP contribution in [0.15, 0.2) is 24.4 Å². The molecule has 6 heteroatoms. The Morgan fingerprint density at radius 1 is 1.27 bits per heavy atom. The number of rotatable bonds is 6. The van der Waals surface area contributed by atoms with Crippen LogP contribution >= 0.6 is 0 Å². The summed E-state index contributed by atoms with van der Waals surface area (Å²) in [5.74, 6) is 0.283. The van der Waals surface area contributed by atoms with E-state index in [9.17, 15) is 9.59 Å². The molecule has 0 aliphatic rings. The first-order valence-corrected chi connectivity index (χ1v) is 7.05. The second kappa shape index (κ2) is 7.09. The maximum Gasteiger partial charge on any atom is 0.253 e. The fraction of sp³-hybridized carbons (Fsp3) is 0.375. The highest BCUT2D eigenvalue weighted by Crippen LogP contribution is 2.26. The standard InChI is InChI=1S/C16H20N2O4/c1-11(19)18-10-14(16(20)17-7-4-8-21-2)13-9-12(22-3)5-6-15(13)18/h5-6,9-10H,4,7-8H2,1-3H3,(H,17,20). The SMILES string of the molecule is COCCCNC(=O)c1cn(C(C)=O)c2ccc(OC)cc12. The summed E-state index contributed by atoms with van der Waals surface area (Å²) < 4.78 is 11.6. The van der Waals surface area contributed by atoms with Crippen LogP contribution in [-0.4, -0.2) is 43.8 Å². The zero-order valence-corrected chi connectivity index (χ0v) is 13.0. The fourth-order valence-electron chi connectivity index (χ4n) is 2.29. The van der Waals surface area contributed by atoms with E-state index in [0.717, 1.165) is 6.42 Å². The Morgan fingerprint density at radius 2 is 2.05 bits per heavy atom. The number of carbonyl (C=O) groups is 2. The highest BCUT2D eigenvalue weighted by Gasteiger charge is 2.17. The van der Waals surface area contributed by atoms with E-state index in [-0.39, 0.29) is 11.8 Å². The van der Waals surface area contributed by atoms with Crippen molar-refractivity contribution in [2.75, 3.05) is 27.4 Å². The van der Waals surface area contributed by atoms with Gasteiger partial charge in [0.15, 0.2) is 0 Å². The molecule has 0 saturated carbocycles. The molecule has 2 rings (SSSR count). The van der Waals surface area contributed by atoms with E-state index in [2.05, 4.69) is 5.32 Å². The number of hydrogen-bond donors (Lipinski definition) is 1. The molecule has 0 fully saturated rings. The van der Waals surface area contributed by atoms with Gasteiger partial charge in [0.1, 0.15) is 5.75 Å². The van der Waals surface area contributed by atoms with Gasteiger partial charge in [-0.25, -0.2) is 0 Å². The van der Waals surface area contributed by atoms with Crippen molar-refractivity contribution in [3.63, 3.8) is 0 Å². The number of benzene rings is 1. The van der Waals surface area contributed by atoms with Crippen molar-refractivity contribution in [3.05, 3.63) is 30.0 Å². The van der Waals surface area contributed by atoms with Gasteiger partial charge in [0.05, 0.1) is 18.2 Å². The van der Waals surface area contributed by atoms with Gasteiger partial charge in [-0.15, -0.1) is 0 Å². The highest BCUT2D eigenvalue weighted by atomic mass is 16.5. The first-order valence-electron chi connectivity index (χ1n) is 7.05. The number of hydrogen-bond acceptors (Lipinski definition) is 4. The second-order valence-corrected chi connectivity index (χ2v) is 4.92. The van der Waals surface area contributed by atoms with Crippen LogP contribution in [-0.2, 0) is 4.74 Å². The molecule has 0 atom stereocenters. The minimum Gasteiger partial charge on any atom is -0.497 e. The topological polar surface area (TPSA) is 69.6 Å². The van der Waals surface area contributed by atoms with Crippen LogP contribution in [0.4, 0.5) is 0 Å². The van der Waals surface area contributed by atoms with Gasteiger partial charge in [-0.1, -0.05) is 0 Å². The number of carbonyl (C=O) groups excluding carboxylic acids is 2. The van der Waals surface area contributed by atoms with Crippen LogP contribution in [0.5, 0.6) is 5.75 Å². The van der Waals surface area contributed by atoms with Crippen LogP contribution < -0.4 is 10.1 Å². The number of fused-ring (bicyclic) bond motifs is 1. The predicted molar refractivity (Wildman–Crippen MR) is 83.6 cm³/mol. The molecule has 0 aliphatic heterocycles. The minimum atomic E-state index is -0.214. The van der Waals surface area contributed by atoms with Gasteiger partial charge in [0.2, 0.25) is 5.91 Å². The molecule has 0 radical (unpaired) electrons. The summed E-state index contributed by atoms with van der Waals surface area (Å²) >= 11 is 0. The molecule has 1 heterocycles. The molecule has 22 heavy (non-hydrogen) atoms. The Bertz CT molecular complexity index is 691. The van der Waals surface area contributed by atoms with Crippen LogP contribution in [0.1, 0.15) is 28.5 Å². The van der Waals surface area contributed by atoms with Crippen molar-refractivity contribution >= 4 is 22.7 Å². The Morgan fingerprint density at radius 3 is 2.68 bits per heavy atom. The average molecular weight is 304 g/mol. The monoisotopic (exact) mass is 304 g/mol. The summed E-state index contributed by atoms with van der Waals surface area (Å²) in [7, 11) is 3.18. The summed E-state index contributed by atoms with van der Waals surface area (Å²) in [6.45, 7) is 2.57. The van der Waals surface area contributed by atoms with E-state index in [0.29, 0.717) is 35.4 Å². The van der Waals surface area contributed by atoms with Crippen LogP contribution in [0.3, 0.4) is 0 Å². The summed E-state index contributed by atoms with van der Waals surface area (Å²) in [5, 5.41) is 3.52. The maximum absolute atomic E-state index is 12.3. The van der Waals surface area contributed by atoms with Gasteiger partial charge in [-0.05, 0) is 24.6 Å². The number of amides is 1. The lowest BCUT2D eigenvalue weighted by molar-refractivity contribution is 0.0941. The molecule has 118 valence electrons. The molecule has 0 spiro atoms. The van der Waals surface area contributed by atoms with E-state index >= 15 is 0 Å². The van der Waals surface area contributed by atoms with Gasteiger partial charge in [-0.3, -0.25) is 14.2 Å². The molecule has 2 aromatic rings. The van der Waals surface area contributed by atoms with Crippen LogP contribution in [0.25, 0.3) is 10.9 Å². The van der Waals surface area contributed by atoms with E-state index in [4.69, 9.17) is 9.47 Å². The molecule has 1 aromatic heterocycles. The Balaban J connectivity index is 2.35. The molecule has 1 amide bonds. The summed E-state index contributed by atoms with van der Waals surface area (Å²) in [6, 6.07) is 5.30. The van der Waals surface area contributed by atoms with Gasteiger partial charge in [0.25, 0.3) is 5.91 Å². The third kappa shape index (κ3) is 3.28. The van der Waals surface area contributed by atoms with E-state index in [1.807, 2.05) is 0 Å². The normalized spacial score (nSPS) is 10.7. The third-order valence-electron chi connectivity index (χ3n) is 3.41. The number of aromatic nitrogens is 1. The number of nitrogens with zero attached hydrogens (tertiary/aromatic N) is 1. The lowest BCUT2D eigenvalue weighted by Gasteiger charge is -2.04. The van der Waals surface area contributed by atoms with Crippen molar-refractivity contribution < 1.29 is 19.1 Å². The molecule has 0 aliphatic carbocycles. The summed E-state index contributed by atoms with van der Waals surface area (Å²) in [6.07, 6.45) is 2.30. The summed E-state index contributed by atoms with van der Waals surface area (Å²) in [5.41, 5.74) is 1.15. The predicted octanol–water partition coefficient (Wildman–Crippen LogP) is 2.08. The van der Waals surface area contributed by atoms with Crippen molar-refractivity contribution in [2.24, 2.45) is 0 Å². The quantitative estimate of drug-likeness (QED) is 0.830. The van der Waals surface area contributed by atoms with Crippen molar-refractivity contribution in [1.82, 2.24) is 9.88 Å². The maximum atomic E-state index is 12.3. The molecule has 0 bridgehead atoms. The third-order valence-corrected chi connectivity index (χ3v) is 3.41. The molecule has 1 aromatic carbocycles. The van der Waals surface area contributed by atoms with E-state index in [1.165, 1.54) is 11.5 Å². The molecule has 1 N–H and O–H groups in total. The van der Waals surface area contributed by atoms with Crippen molar-refractivity contribution in [1.29, 1.82) is 0 Å². The minimum absolute atomic E-state index is 0.145. The molecule has 6 nitrogen and oxygen atoms in total. The lowest BCUT2D eigenvalue weighted by atomic mass is 10.1. The molecular weight excluding hydrogens is 284 g/mol. The average Bonchev–Trinajstić information content (AvgIpc) is 2.90. The van der Waals surface area contributed by atoms with Crippen molar-refractivity contribution in [2.45, 2.75) is 13.3 Å². The highest BCUT2D eigenvalue weighted by molar-refractivity contribution is 6.09. The number of nitrogens with one attached hydrogen (secondary N) is 1. The molecule has 0 saturated heterocycles. The summed E-state index contributed by atoms with van der Waals surface area (Å²) in [4.78, 5) is 24.1. The second-order valence-electron chi connectivity index (χ2n) is 4.92. The van der Waals surface area contributed by atoms with Crippen LogP contribution in [0.2, 0.25) is 0 Å². The lowest BCUT2D eigenvalue weighted by Crippen LogP contribution is -2.25. The molecular formula is C16H20N2O4. The van der Waals surface area contributed by atoms with Gasteiger partial charge >= 0.3 is 0 Å². The van der Waals surface area contributed by atoms with Gasteiger partial charge in [-0.2, -0.15) is 0 Å². The Hall–Kier alpha value is -2.34. The van der Waals surface area contributed by atoms with Crippen molar-refractivity contribution in [3.8, 4) is 5.75 Å².